The van der Waals surface area contributed by atoms with E-state index in [4.69, 9.17) is 17.3 Å². The second kappa shape index (κ2) is 7.43. The number of nitrogens with zero attached hydrogens (tertiary/aromatic N) is 4. The van der Waals surface area contributed by atoms with E-state index >= 15 is 0 Å². The van der Waals surface area contributed by atoms with Crippen molar-refractivity contribution in [2.45, 2.75) is 13.1 Å². The number of benzene rings is 1. The fraction of sp³-hybridized carbons (Fsp3) is 0.100. The SMILES string of the molecule is Nc1ncnc2c1ncn2Cc1cc(Cl)cc2cc(CNC(=O)c3cccs3)[nH]c12. The van der Waals surface area contributed by atoms with Crippen molar-refractivity contribution < 1.29 is 4.79 Å². The molecule has 0 bridgehead atoms. The van der Waals surface area contributed by atoms with Gasteiger partial charge in [-0.05, 0) is 35.2 Å². The summed E-state index contributed by atoms with van der Waals surface area (Å²) in [6.07, 6.45) is 3.11. The Balaban J connectivity index is 1.45. The number of imidazole rings is 1. The van der Waals surface area contributed by atoms with E-state index in [9.17, 15) is 4.79 Å². The smallest absolute Gasteiger partial charge is 0.261 e. The van der Waals surface area contributed by atoms with Crippen LogP contribution < -0.4 is 11.1 Å². The average Bonchev–Trinajstić information content (AvgIpc) is 3.46. The Bertz CT molecular complexity index is 1370. The van der Waals surface area contributed by atoms with Crippen LogP contribution in [0, 0.1) is 0 Å². The molecule has 0 saturated heterocycles. The minimum atomic E-state index is -0.0935. The van der Waals surface area contributed by atoms with Crippen LogP contribution in [0.1, 0.15) is 20.9 Å². The first kappa shape index (κ1) is 18.6. The predicted octanol–water partition coefficient (Wildman–Crippen LogP) is 3.58. The second-order valence-electron chi connectivity index (χ2n) is 6.79. The number of fused-ring (bicyclic) bond motifs is 2. The monoisotopic (exact) mass is 437 g/mol. The fourth-order valence-corrected chi connectivity index (χ4v) is 4.31. The Kier molecular flexibility index (Phi) is 4.61. The summed E-state index contributed by atoms with van der Waals surface area (Å²) in [5.74, 6) is 0.253. The first-order valence-electron chi connectivity index (χ1n) is 9.11. The molecule has 4 aromatic heterocycles. The van der Waals surface area contributed by atoms with E-state index in [2.05, 4.69) is 25.3 Å². The molecule has 5 aromatic rings. The molecular weight excluding hydrogens is 422 g/mol. The molecule has 0 fully saturated rings. The summed E-state index contributed by atoms with van der Waals surface area (Å²) < 4.78 is 1.90. The molecule has 0 aliphatic heterocycles. The highest BCUT2D eigenvalue weighted by molar-refractivity contribution is 7.12. The quantitative estimate of drug-likeness (QED) is 0.388. The summed E-state index contributed by atoms with van der Waals surface area (Å²) in [4.78, 5) is 28.9. The lowest BCUT2D eigenvalue weighted by Crippen LogP contribution is -2.21. The maximum atomic E-state index is 12.2. The number of nitrogens with two attached hydrogens (primary N) is 1. The molecule has 0 saturated carbocycles. The van der Waals surface area contributed by atoms with Gasteiger partial charge < -0.3 is 20.6 Å². The number of anilines is 1. The molecule has 30 heavy (non-hydrogen) atoms. The van der Waals surface area contributed by atoms with Gasteiger partial charge in [0.05, 0.1) is 29.8 Å². The van der Waals surface area contributed by atoms with Crippen molar-refractivity contribution in [3.63, 3.8) is 0 Å². The number of nitrogen functional groups attached to an aromatic ring is 1. The van der Waals surface area contributed by atoms with Gasteiger partial charge in [0.15, 0.2) is 11.5 Å². The van der Waals surface area contributed by atoms with Crippen LogP contribution >= 0.6 is 22.9 Å². The van der Waals surface area contributed by atoms with Crippen molar-refractivity contribution in [1.82, 2.24) is 29.8 Å². The molecule has 4 heterocycles. The summed E-state index contributed by atoms with van der Waals surface area (Å²) >= 11 is 7.77. The van der Waals surface area contributed by atoms with Gasteiger partial charge in [0.2, 0.25) is 0 Å². The molecular formula is C20H16ClN7OS. The van der Waals surface area contributed by atoms with Gasteiger partial charge in [-0.2, -0.15) is 0 Å². The third-order valence-corrected chi connectivity index (χ3v) is 5.87. The highest BCUT2D eigenvalue weighted by Gasteiger charge is 2.13. The molecule has 0 aliphatic rings. The third kappa shape index (κ3) is 3.38. The van der Waals surface area contributed by atoms with Gasteiger partial charge in [-0.25, -0.2) is 15.0 Å². The molecule has 8 nitrogen and oxygen atoms in total. The number of carbonyl (C=O) groups is 1. The van der Waals surface area contributed by atoms with Crippen LogP contribution in [0.15, 0.2) is 48.4 Å². The number of rotatable bonds is 5. The fourth-order valence-electron chi connectivity index (χ4n) is 3.43. The van der Waals surface area contributed by atoms with Crippen LogP contribution in [0.5, 0.6) is 0 Å². The molecule has 10 heteroatoms. The number of H-pyrrole nitrogens is 1. The maximum absolute atomic E-state index is 12.2. The number of aromatic amines is 1. The van der Waals surface area contributed by atoms with E-state index < -0.39 is 0 Å². The number of carbonyl (C=O) groups excluding carboxylic acids is 1. The zero-order chi connectivity index (χ0) is 20.7. The predicted molar refractivity (Wildman–Crippen MR) is 118 cm³/mol. The Morgan fingerprint density at radius 2 is 2.17 bits per heavy atom. The summed E-state index contributed by atoms with van der Waals surface area (Å²) in [5, 5.41) is 6.41. The van der Waals surface area contributed by atoms with Crippen LogP contribution in [0.2, 0.25) is 5.02 Å². The zero-order valence-corrected chi connectivity index (χ0v) is 17.2. The number of hydrogen-bond acceptors (Lipinski definition) is 6. The lowest BCUT2D eigenvalue weighted by atomic mass is 10.1. The Labute approximate surface area is 179 Å². The second-order valence-corrected chi connectivity index (χ2v) is 8.17. The lowest BCUT2D eigenvalue weighted by molar-refractivity contribution is 0.0954. The van der Waals surface area contributed by atoms with Crippen LogP contribution in [-0.2, 0) is 13.1 Å². The standard InChI is InChI=1S/C20H16ClN7OS/c21-13-4-11-6-14(7-23-20(29)15-2-1-3-30-15)27-16(11)12(5-13)8-28-10-26-17-18(22)24-9-25-19(17)28/h1-6,9-10,27H,7-8H2,(H,23,29)(H2,22,24,25). The zero-order valence-electron chi connectivity index (χ0n) is 15.6. The number of hydrogen-bond donors (Lipinski definition) is 3. The third-order valence-electron chi connectivity index (χ3n) is 4.79. The Morgan fingerprint density at radius 1 is 1.27 bits per heavy atom. The number of nitrogens with one attached hydrogen (secondary N) is 2. The average molecular weight is 438 g/mol. The molecule has 0 radical (unpaired) electrons. The molecule has 1 amide bonds. The van der Waals surface area contributed by atoms with E-state index in [-0.39, 0.29) is 5.91 Å². The summed E-state index contributed by atoms with van der Waals surface area (Å²) in [7, 11) is 0. The van der Waals surface area contributed by atoms with E-state index in [0.29, 0.717) is 40.0 Å². The van der Waals surface area contributed by atoms with Gasteiger partial charge in [-0.15, -0.1) is 11.3 Å². The summed E-state index contributed by atoms with van der Waals surface area (Å²) in [5.41, 5.74) is 9.93. The lowest BCUT2D eigenvalue weighted by Gasteiger charge is -2.07. The molecule has 5 rings (SSSR count). The first-order chi connectivity index (χ1) is 14.6. The minimum Gasteiger partial charge on any atom is -0.382 e. The number of halogens is 1. The van der Waals surface area contributed by atoms with Crippen LogP contribution in [0.25, 0.3) is 22.1 Å². The molecule has 0 unspecified atom stereocenters. The molecule has 0 aliphatic carbocycles. The van der Waals surface area contributed by atoms with Gasteiger partial charge in [-0.1, -0.05) is 17.7 Å². The normalized spacial score (nSPS) is 11.4. The first-order valence-corrected chi connectivity index (χ1v) is 10.4. The maximum Gasteiger partial charge on any atom is 0.261 e. The highest BCUT2D eigenvalue weighted by atomic mass is 35.5. The van der Waals surface area contributed by atoms with E-state index in [1.54, 1.807) is 12.4 Å². The Hall–Kier alpha value is -3.43. The summed E-state index contributed by atoms with van der Waals surface area (Å²) in [6.45, 7) is 0.895. The number of thiophene rings is 1. The molecule has 0 atom stereocenters. The van der Waals surface area contributed by atoms with Crippen molar-refractivity contribution in [2.75, 3.05) is 5.73 Å². The van der Waals surface area contributed by atoms with E-state index in [1.165, 1.54) is 17.7 Å². The van der Waals surface area contributed by atoms with E-state index in [1.807, 2.05) is 34.2 Å². The van der Waals surface area contributed by atoms with Crippen LogP contribution in [0.3, 0.4) is 0 Å². The van der Waals surface area contributed by atoms with Gasteiger partial charge in [0.25, 0.3) is 5.91 Å². The molecule has 150 valence electrons. The van der Waals surface area contributed by atoms with Gasteiger partial charge in [0.1, 0.15) is 11.8 Å². The van der Waals surface area contributed by atoms with Gasteiger partial charge in [0, 0.05) is 16.1 Å². The van der Waals surface area contributed by atoms with Crippen molar-refractivity contribution in [3.8, 4) is 0 Å². The topological polar surface area (TPSA) is 115 Å². The number of amides is 1. The minimum absolute atomic E-state index is 0.0935. The molecule has 4 N–H and O–H groups in total. The van der Waals surface area contributed by atoms with Gasteiger partial charge in [-0.3, -0.25) is 4.79 Å². The highest BCUT2D eigenvalue weighted by Crippen LogP contribution is 2.26. The largest absolute Gasteiger partial charge is 0.382 e. The summed E-state index contributed by atoms with van der Waals surface area (Å²) in [6, 6.07) is 9.45. The van der Waals surface area contributed by atoms with Crippen molar-refractivity contribution in [1.29, 1.82) is 0 Å². The molecule has 0 spiro atoms. The Morgan fingerprint density at radius 3 is 3.00 bits per heavy atom. The van der Waals surface area contributed by atoms with Crippen LogP contribution in [0.4, 0.5) is 5.82 Å². The van der Waals surface area contributed by atoms with Crippen molar-refractivity contribution >= 4 is 56.7 Å². The van der Waals surface area contributed by atoms with Gasteiger partial charge >= 0.3 is 0 Å². The number of aromatic nitrogens is 5. The van der Waals surface area contributed by atoms with Crippen molar-refractivity contribution in [2.24, 2.45) is 0 Å². The van der Waals surface area contributed by atoms with Crippen molar-refractivity contribution in [3.05, 3.63) is 69.5 Å². The van der Waals surface area contributed by atoms with Crippen LogP contribution in [-0.4, -0.2) is 30.4 Å². The molecule has 1 aromatic carbocycles. The van der Waals surface area contributed by atoms with E-state index in [0.717, 1.165) is 22.2 Å².